The van der Waals surface area contributed by atoms with Gasteiger partial charge in [0.25, 0.3) is 11.8 Å². The number of dihydropyridines is 1. The third-order valence-electron chi connectivity index (χ3n) is 7.62. The number of rotatable bonds is 6. The summed E-state index contributed by atoms with van der Waals surface area (Å²) in [7, 11) is 0. The lowest BCUT2D eigenvalue weighted by molar-refractivity contribution is -0.117. The second kappa shape index (κ2) is 10.6. The minimum Gasteiger partial charge on any atom is -0.370 e. The molecule has 9 nitrogen and oxygen atoms in total. The van der Waals surface area contributed by atoms with Crippen molar-refractivity contribution in [2.45, 2.75) is 57.9 Å². The Hall–Kier alpha value is -3.50. The minimum absolute atomic E-state index is 0.153. The third-order valence-corrected chi connectivity index (χ3v) is 8.89. The van der Waals surface area contributed by atoms with Gasteiger partial charge >= 0.3 is 0 Å². The maximum atomic E-state index is 13.4. The molecule has 0 saturated heterocycles. The molecule has 5 rings (SSSR count). The Kier molecular flexibility index (Phi) is 7.35. The van der Waals surface area contributed by atoms with Gasteiger partial charge in [-0.3, -0.25) is 14.6 Å². The first-order valence-electron chi connectivity index (χ1n) is 13.2. The van der Waals surface area contributed by atoms with Crippen molar-refractivity contribution >= 4 is 29.4 Å². The van der Waals surface area contributed by atoms with Gasteiger partial charge in [0.2, 0.25) is 0 Å². The summed E-state index contributed by atoms with van der Waals surface area (Å²) in [5.41, 5.74) is 10.8. The molecular formula is C29H35N7O2S. The molecule has 1 aliphatic carbocycles. The summed E-state index contributed by atoms with van der Waals surface area (Å²) < 4.78 is 0. The summed E-state index contributed by atoms with van der Waals surface area (Å²) in [5.74, 6) is 0.355. The molecular weight excluding hydrogens is 510 g/mol. The molecule has 10 heteroatoms. The van der Waals surface area contributed by atoms with Crippen LogP contribution in [0.1, 0.15) is 69.2 Å². The van der Waals surface area contributed by atoms with Gasteiger partial charge in [-0.05, 0) is 66.9 Å². The lowest BCUT2D eigenvalue weighted by atomic mass is 9.70. The molecule has 0 radical (unpaired) electrons. The second-order valence-corrected chi connectivity index (χ2v) is 12.9. The van der Waals surface area contributed by atoms with Gasteiger partial charge in [0.05, 0.1) is 22.8 Å². The number of nitrogens with zero attached hydrogens (tertiary/aromatic N) is 3. The van der Waals surface area contributed by atoms with Crippen LogP contribution >= 0.6 is 11.8 Å². The van der Waals surface area contributed by atoms with E-state index >= 15 is 0 Å². The van der Waals surface area contributed by atoms with Crippen molar-refractivity contribution in [3.63, 3.8) is 0 Å². The minimum atomic E-state index is -0.524. The van der Waals surface area contributed by atoms with Gasteiger partial charge in [0, 0.05) is 24.6 Å². The zero-order valence-electron chi connectivity index (χ0n) is 22.7. The van der Waals surface area contributed by atoms with Gasteiger partial charge in [0.1, 0.15) is 16.4 Å². The van der Waals surface area contributed by atoms with Crippen molar-refractivity contribution in [3.05, 3.63) is 82.1 Å². The van der Waals surface area contributed by atoms with Crippen LogP contribution in [-0.4, -0.2) is 38.2 Å². The zero-order chi connectivity index (χ0) is 27.8. The largest absolute Gasteiger partial charge is 0.370 e. The van der Waals surface area contributed by atoms with Gasteiger partial charge in [-0.15, -0.1) is 0 Å². The molecule has 4 heterocycles. The first-order chi connectivity index (χ1) is 18.6. The van der Waals surface area contributed by atoms with Crippen LogP contribution in [0.3, 0.4) is 0 Å². The van der Waals surface area contributed by atoms with Gasteiger partial charge in [-0.2, -0.15) is 0 Å². The van der Waals surface area contributed by atoms with E-state index in [1.165, 1.54) is 48.0 Å². The number of carbonyl (C=O) groups excluding carboxylic acids is 2. The lowest BCUT2D eigenvalue weighted by Gasteiger charge is -2.41. The third kappa shape index (κ3) is 5.77. The highest BCUT2D eigenvalue weighted by atomic mass is 32.2. The normalized spacial score (nSPS) is 23.1. The number of nitrogens with one attached hydrogen (secondary N) is 3. The van der Waals surface area contributed by atoms with Crippen molar-refractivity contribution in [1.29, 1.82) is 0 Å². The van der Waals surface area contributed by atoms with Crippen molar-refractivity contribution in [2.75, 3.05) is 11.9 Å². The highest BCUT2D eigenvalue weighted by molar-refractivity contribution is 8.05. The monoisotopic (exact) mass is 545 g/mol. The number of aromatic nitrogens is 3. The molecule has 0 spiro atoms. The van der Waals surface area contributed by atoms with E-state index in [-0.39, 0.29) is 28.4 Å². The average Bonchev–Trinajstić information content (AvgIpc) is 3.26. The number of pyridine rings is 1. The highest BCUT2D eigenvalue weighted by Gasteiger charge is 2.42. The van der Waals surface area contributed by atoms with Crippen molar-refractivity contribution < 1.29 is 9.59 Å². The number of amides is 2. The first kappa shape index (κ1) is 27.1. The second-order valence-electron chi connectivity index (χ2n) is 11.4. The molecule has 3 aliphatic rings. The molecule has 1 unspecified atom stereocenters. The fourth-order valence-corrected chi connectivity index (χ4v) is 6.43. The number of anilines is 1. The van der Waals surface area contributed by atoms with Crippen molar-refractivity contribution in [2.24, 2.45) is 17.1 Å². The summed E-state index contributed by atoms with van der Waals surface area (Å²) in [4.78, 5) is 38.5. The number of fused-ring (bicyclic) bond motifs is 1. The van der Waals surface area contributed by atoms with E-state index < -0.39 is 11.9 Å². The number of allylic oxidation sites excluding steroid dienone is 3. The van der Waals surface area contributed by atoms with E-state index in [1.54, 1.807) is 18.2 Å². The van der Waals surface area contributed by atoms with E-state index in [1.807, 2.05) is 6.08 Å². The fraction of sp³-hybridized carbons (Fsp3) is 0.414. The number of nitrogens with two attached hydrogens (primary N) is 1. The number of carbonyl (C=O) groups is 2. The van der Waals surface area contributed by atoms with Crippen molar-refractivity contribution in [3.8, 4) is 0 Å². The van der Waals surface area contributed by atoms with Crippen LogP contribution in [0, 0.1) is 11.3 Å². The fourth-order valence-electron chi connectivity index (χ4n) is 5.24. The lowest BCUT2D eigenvalue weighted by Crippen LogP contribution is -2.43. The first-order valence-corrected chi connectivity index (χ1v) is 14.1. The van der Waals surface area contributed by atoms with Crippen LogP contribution in [0.5, 0.6) is 0 Å². The van der Waals surface area contributed by atoms with Crippen LogP contribution in [0.4, 0.5) is 5.82 Å². The van der Waals surface area contributed by atoms with Crippen LogP contribution in [0.15, 0.2) is 70.7 Å². The summed E-state index contributed by atoms with van der Waals surface area (Å²) >= 11 is 1.53. The predicted molar refractivity (Wildman–Crippen MR) is 153 cm³/mol. The molecule has 0 aromatic carbocycles. The van der Waals surface area contributed by atoms with Gasteiger partial charge in [-0.25, -0.2) is 9.97 Å². The predicted octanol–water partition coefficient (Wildman–Crippen LogP) is 4.22. The molecule has 2 amide bonds. The van der Waals surface area contributed by atoms with E-state index in [0.717, 1.165) is 18.4 Å². The molecule has 0 bridgehead atoms. The SMILES string of the molecule is CC12NC3=C(C=C1C=C(C(=O)N[C@H](CN)c1cccc(NC(=O)c4cnccn4)n1)S2)C[C@H](C(C)(C)C)CC3. The average molecular weight is 546 g/mol. The Morgan fingerprint density at radius 2 is 2.05 bits per heavy atom. The summed E-state index contributed by atoms with van der Waals surface area (Å²) in [6, 6.07) is 4.69. The van der Waals surface area contributed by atoms with E-state index in [0.29, 0.717) is 22.3 Å². The molecule has 39 heavy (non-hydrogen) atoms. The Morgan fingerprint density at radius 3 is 2.77 bits per heavy atom. The molecule has 2 aromatic heterocycles. The summed E-state index contributed by atoms with van der Waals surface area (Å²) in [6.45, 7) is 9.23. The van der Waals surface area contributed by atoms with Crippen LogP contribution in [0.2, 0.25) is 0 Å². The molecule has 204 valence electrons. The summed E-state index contributed by atoms with van der Waals surface area (Å²) in [6.07, 6.45) is 11.8. The zero-order valence-corrected chi connectivity index (χ0v) is 23.6. The number of hydrogen-bond acceptors (Lipinski definition) is 8. The number of hydrogen-bond donors (Lipinski definition) is 4. The van der Waals surface area contributed by atoms with Crippen LogP contribution in [-0.2, 0) is 4.79 Å². The molecule has 2 aromatic rings. The number of thioether (sulfide) groups is 1. The summed E-state index contributed by atoms with van der Waals surface area (Å²) in [5, 5.41) is 9.50. The van der Waals surface area contributed by atoms with Gasteiger partial charge in [0.15, 0.2) is 0 Å². The molecule has 2 aliphatic heterocycles. The molecule has 3 atom stereocenters. The van der Waals surface area contributed by atoms with E-state index in [2.05, 4.69) is 64.7 Å². The van der Waals surface area contributed by atoms with Gasteiger partial charge < -0.3 is 21.7 Å². The van der Waals surface area contributed by atoms with Gasteiger partial charge in [-0.1, -0.05) is 44.7 Å². The Labute approximate surface area is 233 Å². The Balaban J connectivity index is 1.28. The van der Waals surface area contributed by atoms with Crippen LogP contribution in [0.25, 0.3) is 0 Å². The molecule has 0 saturated carbocycles. The maximum Gasteiger partial charge on any atom is 0.277 e. The van der Waals surface area contributed by atoms with E-state index in [9.17, 15) is 9.59 Å². The molecule has 5 N–H and O–H groups in total. The van der Waals surface area contributed by atoms with E-state index in [4.69, 9.17) is 5.73 Å². The Morgan fingerprint density at radius 1 is 1.23 bits per heavy atom. The molecule has 0 fully saturated rings. The quantitative estimate of drug-likeness (QED) is 0.424. The standard InChI is InChI=1S/C29H35N7O2S/c1-28(2,3)18-8-9-20-17(12-18)13-19-14-24(39-29(19,4)36-20)27(38)34-22(15-30)21-6-5-7-25(33-21)35-26(37)23-16-31-10-11-32-23/h5-7,10-11,13-14,16,18,22,36H,8-9,12,15,30H2,1-4H3,(H,34,38)(H,33,35,37)/t18-,22-,29?/m1/s1. The highest BCUT2D eigenvalue weighted by Crippen LogP contribution is 2.50. The topological polar surface area (TPSA) is 135 Å². The van der Waals surface area contributed by atoms with Crippen LogP contribution < -0.4 is 21.7 Å². The smallest absolute Gasteiger partial charge is 0.277 e. The maximum absolute atomic E-state index is 13.4. The Bertz CT molecular complexity index is 1380. The van der Waals surface area contributed by atoms with Crippen molar-refractivity contribution in [1.82, 2.24) is 25.6 Å².